The summed E-state index contributed by atoms with van der Waals surface area (Å²) >= 11 is 0. The summed E-state index contributed by atoms with van der Waals surface area (Å²) in [4.78, 5) is 12.5. The van der Waals surface area contributed by atoms with Crippen molar-refractivity contribution in [3.05, 3.63) is 95.6 Å². The van der Waals surface area contributed by atoms with Crippen LogP contribution >= 0.6 is 0 Å². The standard InChI is InChI=1S/C24H22F3N3O3S/c1-17-11-13-22(14-12-17)34(32,33)30(21-10-6-9-20(15-21)24(25,26)27)16-23(31)29-28-18(2)19-7-4-3-5-8-19/h3-15H,16H2,1-2H3,(H,29,31)/b28-18-. The lowest BCUT2D eigenvalue weighted by Gasteiger charge is -2.24. The van der Waals surface area contributed by atoms with E-state index < -0.39 is 34.2 Å². The van der Waals surface area contributed by atoms with Crippen molar-refractivity contribution < 1.29 is 26.4 Å². The number of carbonyl (C=O) groups is 1. The molecule has 0 atom stereocenters. The van der Waals surface area contributed by atoms with Crippen LogP contribution in [0.2, 0.25) is 0 Å². The third-order valence-electron chi connectivity index (χ3n) is 4.90. The van der Waals surface area contributed by atoms with Gasteiger partial charge in [-0.15, -0.1) is 0 Å². The van der Waals surface area contributed by atoms with Gasteiger partial charge in [0.1, 0.15) is 6.54 Å². The maximum Gasteiger partial charge on any atom is 0.416 e. The Kier molecular flexibility index (Phi) is 7.41. The van der Waals surface area contributed by atoms with E-state index in [2.05, 4.69) is 10.5 Å². The number of alkyl halides is 3. The van der Waals surface area contributed by atoms with E-state index in [4.69, 9.17) is 0 Å². The van der Waals surface area contributed by atoms with Gasteiger partial charge in [0.05, 0.1) is 21.9 Å². The number of hydrogen-bond donors (Lipinski definition) is 1. The summed E-state index contributed by atoms with van der Waals surface area (Å²) < 4.78 is 67.1. The smallest absolute Gasteiger partial charge is 0.271 e. The van der Waals surface area contributed by atoms with Gasteiger partial charge in [0.2, 0.25) is 0 Å². The summed E-state index contributed by atoms with van der Waals surface area (Å²) in [5.41, 5.74) is 2.96. The van der Waals surface area contributed by atoms with E-state index in [0.29, 0.717) is 16.1 Å². The Morgan fingerprint density at radius 3 is 2.24 bits per heavy atom. The fourth-order valence-electron chi connectivity index (χ4n) is 3.05. The zero-order chi connectivity index (χ0) is 24.9. The first-order chi connectivity index (χ1) is 16.0. The summed E-state index contributed by atoms with van der Waals surface area (Å²) in [6.07, 6.45) is -4.69. The number of sulfonamides is 1. The Balaban J connectivity index is 1.95. The molecule has 1 amide bonds. The number of nitrogens with one attached hydrogen (secondary N) is 1. The minimum Gasteiger partial charge on any atom is -0.271 e. The SMILES string of the molecule is C/C(=N/NC(=O)CN(c1cccc(C(F)(F)F)c1)S(=O)(=O)c1ccc(C)cc1)c1ccccc1. The number of rotatable bonds is 7. The first-order valence-electron chi connectivity index (χ1n) is 10.1. The fraction of sp³-hybridized carbons (Fsp3) is 0.167. The molecule has 178 valence electrons. The van der Waals surface area contributed by atoms with Gasteiger partial charge in [-0.3, -0.25) is 9.10 Å². The molecular weight excluding hydrogens is 467 g/mol. The minimum atomic E-state index is -4.69. The minimum absolute atomic E-state index is 0.160. The molecule has 0 heterocycles. The second-order valence-electron chi connectivity index (χ2n) is 7.47. The lowest BCUT2D eigenvalue weighted by Crippen LogP contribution is -2.40. The molecule has 0 unspecified atom stereocenters. The summed E-state index contributed by atoms with van der Waals surface area (Å²) in [6.45, 7) is 2.65. The monoisotopic (exact) mass is 489 g/mol. The third kappa shape index (κ3) is 6.02. The van der Waals surface area contributed by atoms with Crippen LogP contribution in [0.4, 0.5) is 18.9 Å². The maximum atomic E-state index is 13.3. The van der Waals surface area contributed by atoms with Gasteiger partial charge in [-0.25, -0.2) is 13.8 Å². The number of nitrogens with zero attached hydrogens (tertiary/aromatic N) is 2. The van der Waals surface area contributed by atoms with Crippen molar-refractivity contribution in [2.75, 3.05) is 10.8 Å². The zero-order valence-corrected chi connectivity index (χ0v) is 19.2. The molecule has 1 N–H and O–H groups in total. The molecule has 0 aromatic heterocycles. The van der Waals surface area contributed by atoms with Crippen molar-refractivity contribution in [2.45, 2.75) is 24.9 Å². The van der Waals surface area contributed by atoms with Crippen LogP contribution in [-0.2, 0) is 21.0 Å². The van der Waals surface area contributed by atoms with Crippen molar-refractivity contribution in [3.63, 3.8) is 0 Å². The second-order valence-corrected chi connectivity index (χ2v) is 9.33. The Bertz CT molecular complexity index is 1290. The molecule has 10 heteroatoms. The van der Waals surface area contributed by atoms with Crippen molar-refractivity contribution in [3.8, 4) is 0 Å². The molecular formula is C24H22F3N3O3S. The van der Waals surface area contributed by atoms with Crippen LogP contribution in [0.25, 0.3) is 0 Å². The van der Waals surface area contributed by atoms with Gasteiger partial charge < -0.3 is 0 Å². The Hall–Kier alpha value is -3.66. The first-order valence-corrected chi connectivity index (χ1v) is 11.6. The van der Waals surface area contributed by atoms with Crippen molar-refractivity contribution in [2.24, 2.45) is 5.10 Å². The van der Waals surface area contributed by atoms with Crippen LogP contribution in [-0.4, -0.2) is 26.6 Å². The van der Waals surface area contributed by atoms with Gasteiger partial charge in [-0.1, -0.05) is 54.1 Å². The average molecular weight is 490 g/mol. The van der Waals surface area contributed by atoms with E-state index in [9.17, 15) is 26.4 Å². The van der Waals surface area contributed by atoms with Crippen molar-refractivity contribution in [1.29, 1.82) is 0 Å². The first kappa shape index (κ1) is 25.0. The largest absolute Gasteiger partial charge is 0.416 e. The summed E-state index contributed by atoms with van der Waals surface area (Å²) in [7, 11) is -4.36. The molecule has 6 nitrogen and oxygen atoms in total. The van der Waals surface area contributed by atoms with Crippen molar-refractivity contribution in [1.82, 2.24) is 5.43 Å². The van der Waals surface area contributed by atoms with Crippen LogP contribution in [0.3, 0.4) is 0 Å². The predicted molar refractivity (Wildman–Crippen MR) is 124 cm³/mol. The van der Waals surface area contributed by atoms with Gasteiger partial charge in [0.25, 0.3) is 15.9 Å². The molecule has 3 aromatic carbocycles. The quantitative estimate of drug-likeness (QED) is 0.384. The van der Waals surface area contributed by atoms with E-state index >= 15 is 0 Å². The number of hydrogen-bond acceptors (Lipinski definition) is 4. The Morgan fingerprint density at radius 2 is 1.62 bits per heavy atom. The molecule has 3 rings (SSSR count). The van der Waals surface area contributed by atoms with Crippen LogP contribution in [0.1, 0.15) is 23.6 Å². The number of amides is 1. The number of halogens is 3. The van der Waals surface area contributed by atoms with Gasteiger partial charge in [-0.2, -0.15) is 18.3 Å². The van der Waals surface area contributed by atoms with Crippen LogP contribution in [0, 0.1) is 6.92 Å². The predicted octanol–water partition coefficient (Wildman–Crippen LogP) is 4.75. The van der Waals surface area contributed by atoms with Gasteiger partial charge in [-0.05, 0) is 49.7 Å². The van der Waals surface area contributed by atoms with Gasteiger partial charge in [0.15, 0.2) is 0 Å². The third-order valence-corrected chi connectivity index (χ3v) is 6.69. The number of benzene rings is 3. The lowest BCUT2D eigenvalue weighted by atomic mass is 10.1. The molecule has 0 aliphatic carbocycles. The highest BCUT2D eigenvalue weighted by Gasteiger charge is 2.33. The molecule has 0 aliphatic rings. The highest BCUT2D eigenvalue weighted by atomic mass is 32.2. The highest BCUT2D eigenvalue weighted by Crippen LogP contribution is 2.33. The molecule has 0 radical (unpaired) electrons. The zero-order valence-electron chi connectivity index (χ0n) is 18.4. The summed E-state index contributed by atoms with van der Waals surface area (Å²) in [5, 5.41) is 3.98. The molecule has 3 aromatic rings. The molecule has 0 fully saturated rings. The van der Waals surface area contributed by atoms with Crippen molar-refractivity contribution >= 4 is 27.3 Å². The summed E-state index contributed by atoms with van der Waals surface area (Å²) in [5.74, 6) is -0.816. The van der Waals surface area contributed by atoms with E-state index in [0.717, 1.165) is 23.3 Å². The number of anilines is 1. The Morgan fingerprint density at radius 1 is 0.971 bits per heavy atom. The summed E-state index contributed by atoms with van der Waals surface area (Å²) in [6, 6.07) is 18.6. The molecule has 0 spiro atoms. The molecule has 0 saturated carbocycles. The van der Waals surface area contributed by atoms with Gasteiger partial charge in [0, 0.05) is 0 Å². The van der Waals surface area contributed by atoms with E-state index in [1.807, 2.05) is 6.07 Å². The number of hydrazone groups is 1. The van der Waals surface area contributed by atoms with E-state index in [-0.39, 0.29) is 10.6 Å². The van der Waals surface area contributed by atoms with Crippen LogP contribution < -0.4 is 9.73 Å². The molecule has 0 saturated heterocycles. The lowest BCUT2D eigenvalue weighted by molar-refractivity contribution is -0.137. The Labute approximate surface area is 195 Å². The second kappa shape index (κ2) is 10.1. The van der Waals surface area contributed by atoms with Crippen LogP contribution in [0.5, 0.6) is 0 Å². The topological polar surface area (TPSA) is 78.8 Å². The molecule has 0 aliphatic heterocycles. The molecule has 34 heavy (non-hydrogen) atoms. The van der Waals surface area contributed by atoms with Crippen LogP contribution in [0.15, 0.2) is 88.9 Å². The fourth-order valence-corrected chi connectivity index (χ4v) is 4.46. The van der Waals surface area contributed by atoms with Gasteiger partial charge >= 0.3 is 6.18 Å². The highest BCUT2D eigenvalue weighted by molar-refractivity contribution is 7.92. The normalized spacial score (nSPS) is 12.3. The van der Waals surface area contributed by atoms with E-state index in [1.165, 1.54) is 18.2 Å². The number of aryl methyl sites for hydroxylation is 1. The molecule has 0 bridgehead atoms. The maximum absolute atomic E-state index is 13.3. The average Bonchev–Trinajstić information content (AvgIpc) is 2.81. The van der Waals surface area contributed by atoms with E-state index in [1.54, 1.807) is 50.2 Å². The number of carbonyl (C=O) groups excluding carboxylic acids is 1.